The molecule has 4 rings (SSSR count). The van der Waals surface area contributed by atoms with E-state index in [1.54, 1.807) is 55.2 Å². The molecule has 0 radical (unpaired) electrons. The van der Waals surface area contributed by atoms with E-state index >= 15 is 0 Å². The zero-order chi connectivity index (χ0) is 35.7. The lowest BCUT2D eigenvalue weighted by molar-refractivity contribution is 0.0513. The number of methoxy groups -OCH3 is 8. The topological polar surface area (TPSA) is 142 Å². The number of rotatable bonds is 16. The maximum atomic E-state index is 13.9. The van der Waals surface area contributed by atoms with Crippen LogP contribution in [0.2, 0.25) is 0 Å². The van der Waals surface area contributed by atoms with Gasteiger partial charge in [-0.3, -0.25) is 0 Å². The van der Waals surface area contributed by atoms with Crippen molar-refractivity contribution in [2.75, 3.05) is 63.7 Å². The predicted molar refractivity (Wildman–Crippen MR) is 179 cm³/mol. The Bertz CT molecular complexity index is 1800. The van der Waals surface area contributed by atoms with Gasteiger partial charge in [-0.2, -0.15) is 0 Å². The average Bonchev–Trinajstić information content (AvgIpc) is 3.49. The smallest absolute Gasteiger partial charge is 0.355 e. The summed E-state index contributed by atoms with van der Waals surface area (Å²) in [6.45, 7) is -0.378. The number of aliphatic hydroxyl groups excluding tert-OH is 1. The monoisotopic (exact) mass is 679 g/mol. The Morgan fingerprint density at radius 1 is 0.633 bits per heavy atom. The van der Waals surface area contributed by atoms with E-state index in [0.29, 0.717) is 57.4 Å². The number of aliphatic hydroxyl groups is 1. The number of carbonyl (C=O) groups excluding carboxylic acids is 2. The van der Waals surface area contributed by atoms with Gasteiger partial charge in [-0.1, -0.05) is 12.1 Å². The standard InChI is InChI=1S/C36H41NO12/c1-41-20-49-27-18-30(46-6)29(45-5)17-24(27)32-31(22-10-12-25(42-2)23(16-22)19-38)33(35(39)47-7)37(34(32)36(40)48-8)14-13-21-9-11-26(43-3)28(15-21)44-4/h9-12,15-18,38H,13-14,19-20H2,1-8H3. The number of hydrogen-bond donors (Lipinski definition) is 1. The van der Waals surface area contributed by atoms with Crippen LogP contribution in [0, 0.1) is 0 Å². The summed E-state index contributed by atoms with van der Waals surface area (Å²) in [5.41, 5.74) is 2.80. The van der Waals surface area contributed by atoms with Crippen LogP contribution in [-0.2, 0) is 33.8 Å². The van der Waals surface area contributed by atoms with Crippen LogP contribution in [-0.4, -0.2) is 85.3 Å². The predicted octanol–water partition coefficient (Wildman–Crippen LogP) is 5.16. The molecule has 1 heterocycles. The number of esters is 2. The lowest BCUT2D eigenvalue weighted by atomic mass is 9.92. The second-order valence-corrected chi connectivity index (χ2v) is 10.5. The lowest BCUT2D eigenvalue weighted by Gasteiger charge is -2.18. The first-order valence-corrected chi connectivity index (χ1v) is 15.1. The molecule has 0 saturated heterocycles. The Kier molecular flexibility index (Phi) is 12.4. The molecule has 4 aromatic rings. The molecule has 13 heteroatoms. The van der Waals surface area contributed by atoms with Gasteiger partial charge in [0.25, 0.3) is 0 Å². The highest BCUT2D eigenvalue weighted by Crippen LogP contribution is 2.48. The van der Waals surface area contributed by atoms with Crippen LogP contribution in [0.25, 0.3) is 22.3 Å². The molecule has 0 unspecified atom stereocenters. The maximum absolute atomic E-state index is 13.9. The van der Waals surface area contributed by atoms with E-state index in [1.165, 1.54) is 42.7 Å². The maximum Gasteiger partial charge on any atom is 0.355 e. The van der Waals surface area contributed by atoms with E-state index < -0.39 is 11.9 Å². The number of aromatic nitrogens is 1. The summed E-state index contributed by atoms with van der Waals surface area (Å²) in [5, 5.41) is 10.2. The molecule has 3 aromatic carbocycles. The Morgan fingerprint density at radius 2 is 1.20 bits per heavy atom. The summed E-state index contributed by atoms with van der Waals surface area (Å²) in [5.74, 6) is 0.994. The third-order valence-corrected chi connectivity index (χ3v) is 7.92. The van der Waals surface area contributed by atoms with Gasteiger partial charge < -0.3 is 52.3 Å². The van der Waals surface area contributed by atoms with Crippen molar-refractivity contribution in [3.63, 3.8) is 0 Å². The largest absolute Gasteiger partial charge is 0.496 e. The van der Waals surface area contributed by atoms with Crippen molar-refractivity contribution in [1.29, 1.82) is 0 Å². The molecule has 13 nitrogen and oxygen atoms in total. The molecule has 0 saturated carbocycles. The molecule has 0 aliphatic heterocycles. The summed E-state index contributed by atoms with van der Waals surface area (Å²) < 4.78 is 51.0. The van der Waals surface area contributed by atoms with Crippen LogP contribution in [0.3, 0.4) is 0 Å². The number of nitrogens with zero attached hydrogens (tertiary/aromatic N) is 1. The van der Waals surface area contributed by atoms with Gasteiger partial charge >= 0.3 is 11.9 Å². The van der Waals surface area contributed by atoms with Crippen LogP contribution in [0.15, 0.2) is 48.5 Å². The van der Waals surface area contributed by atoms with Gasteiger partial charge in [0.1, 0.15) is 22.9 Å². The van der Waals surface area contributed by atoms with Crippen molar-refractivity contribution in [3.8, 4) is 56.8 Å². The SMILES string of the molecule is COCOc1cc(OC)c(OC)cc1-c1c(-c2ccc(OC)c(CO)c2)c(C(=O)OC)n(CCc2ccc(OC)c(OC)c2)c1C(=O)OC. The summed E-state index contributed by atoms with van der Waals surface area (Å²) in [7, 11) is 11.5. The molecule has 0 spiro atoms. The summed E-state index contributed by atoms with van der Waals surface area (Å²) in [6.07, 6.45) is 0.353. The number of hydrogen-bond acceptors (Lipinski definition) is 12. The van der Waals surface area contributed by atoms with Gasteiger partial charge in [0.15, 0.2) is 29.8 Å². The first kappa shape index (κ1) is 36.4. The Hall–Kier alpha value is -5.40. The number of carbonyl (C=O) groups is 2. The second-order valence-electron chi connectivity index (χ2n) is 10.5. The second kappa shape index (κ2) is 16.6. The minimum atomic E-state index is -0.734. The fourth-order valence-corrected chi connectivity index (χ4v) is 5.64. The molecule has 0 aliphatic rings. The Labute approximate surface area is 284 Å². The molecule has 0 atom stereocenters. The van der Waals surface area contributed by atoms with Crippen molar-refractivity contribution in [2.24, 2.45) is 0 Å². The molecule has 0 fully saturated rings. The highest BCUT2D eigenvalue weighted by atomic mass is 16.7. The lowest BCUT2D eigenvalue weighted by Crippen LogP contribution is -2.18. The van der Waals surface area contributed by atoms with E-state index in [0.717, 1.165) is 5.56 Å². The van der Waals surface area contributed by atoms with Gasteiger partial charge in [0.05, 0.1) is 56.4 Å². The molecular weight excluding hydrogens is 638 g/mol. The van der Waals surface area contributed by atoms with E-state index in [1.807, 2.05) is 12.1 Å². The van der Waals surface area contributed by atoms with Gasteiger partial charge in [-0.15, -0.1) is 0 Å². The fraction of sp³-hybridized carbons (Fsp3) is 0.333. The van der Waals surface area contributed by atoms with E-state index in [4.69, 9.17) is 42.6 Å². The van der Waals surface area contributed by atoms with Crippen molar-refractivity contribution >= 4 is 11.9 Å². The summed E-state index contributed by atoms with van der Waals surface area (Å²) in [4.78, 5) is 27.8. The first-order chi connectivity index (χ1) is 23.7. The minimum Gasteiger partial charge on any atom is -0.496 e. The van der Waals surface area contributed by atoms with Crippen molar-refractivity contribution in [3.05, 3.63) is 71.0 Å². The fourth-order valence-electron chi connectivity index (χ4n) is 5.64. The third-order valence-electron chi connectivity index (χ3n) is 7.92. The minimum absolute atomic E-state index is 0.0363. The van der Waals surface area contributed by atoms with E-state index in [2.05, 4.69) is 0 Å². The van der Waals surface area contributed by atoms with Crippen molar-refractivity contribution in [1.82, 2.24) is 4.57 Å². The average molecular weight is 680 g/mol. The van der Waals surface area contributed by atoms with Crippen LogP contribution in [0.4, 0.5) is 0 Å². The molecule has 1 aromatic heterocycles. The van der Waals surface area contributed by atoms with Crippen LogP contribution < -0.4 is 28.4 Å². The summed E-state index contributed by atoms with van der Waals surface area (Å²) in [6, 6.07) is 13.8. The normalized spacial score (nSPS) is 10.7. The molecule has 1 N–H and O–H groups in total. The van der Waals surface area contributed by atoms with Gasteiger partial charge in [0, 0.05) is 42.0 Å². The molecule has 0 amide bonds. The highest BCUT2D eigenvalue weighted by molar-refractivity contribution is 6.10. The Morgan fingerprint density at radius 3 is 1.78 bits per heavy atom. The zero-order valence-corrected chi connectivity index (χ0v) is 28.8. The summed E-state index contributed by atoms with van der Waals surface area (Å²) >= 11 is 0. The molecule has 49 heavy (non-hydrogen) atoms. The van der Waals surface area contributed by atoms with Gasteiger partial charge in [0.2, 0.25) is 0 Å². The molecule has 0 aliphatic carbocycles. The van der Waals surface area contributed by atoms with Crippen molar-refractivity contribution in [2.45, 2.75) is 19.6 Å². The van der Waals surface area contributed by atoms with Crippen LogP contribution in [0.5, 0.6) is 34.5 Å². The number of aryl methyl sites for hydroxylation is 1. The van der Waals surface area contributed by atoms with Gasteiger partial charge in [-0.25, -0.2) is 9.59 Å². The third kappa shape index (κ3) is 7.37. The molecular formula is C36H41NO12. The van der Waals surface area contributed by atoms with Gasteiger partial charge in [-0.05, 0) is 47.9 Å². The van der Waals surface area contributed by atoms with Crippen molar-refractivity contribution < 1.29 is 57.3 Å². The molecule has 0 bridgehead atoms. The zero-order valence-electron chi connectivity index (χ0n) is 28.8. The quantitative estimate of drug-likeness (QED) is 0.124. The first-order valence-electron chi connectivity index (χ1n) is 15.1. The molecule has 262 valence electrons. The highest BCUT2D eigenvalue weighted by Gasteiger charge is 2.35. The number of ether oxygens (including phenoxy) is 9. The van der Waals surface area contributed by atoms with E-state index in [9.17, 15) is 14.7 Å². The van der Waals surface area contributed by atoms with Crippen LogP contribution in [0.1, 0.15) is 32.1 Å². The van der Waals surface area contributed by atoms with E-state index in [-0.39, 0.29) is 42.6 Å². The Balaban J connectivity index is 2.16. The number of benzene rings is 3. The van der Waals surface area contributed by atoms with Crippen LogP contribution >= 0.6 is 0 Å².